The van der Waals surface area contributed by atoms with Crippen molar-refractivity contribution in [2.24, 2.45) is 0 Å². The van der Waals surface area contributed by atoms with E-state index in [1.165, 1.54) is 0 Å². The molecule has 5 heteroatoms. The average molecular weight is 267 g/mol. The molecule has 0 atom stereocenters. The fraction of sp³-hybridized carbons (Fsp3) is 0.385. The zero-order valence-electron chi connectivity index (χ0n) is 10.3. The fourth-order valence-corrected chi connectivity index (χ4v) is 2.52. The van der Waals surface area contributed by atoms with E-state index in [4.69, 9.17) is 5.11 Å². The lowest BCUT2D eigenvalue weighted by atomic mass is 10.1. The molecule has 18 heavy (non-hydrogen) atoms. The molecule has 0 aliphatic carbocycles. The zero-order chi connectivity index (χ0) is 13.4. The number of benzene rings is 1. The van der Waals surface area contributed by atoms with Crippen LogP contribution in [0.5, 0.6) is 0 Å². The van der Waals surface area contributed by atoms with Crippen molar-refractivity contribution in [2.75, 3.05) is 12.4 Å². The van der Waals surface area contributed by atoms with Crippen molar-refractivity contribution < 1.29 is 13.5 Å². The van der Waals surface area contributed by atoms with Crippen LogP contribution in [0, 0.1) is 11.8 Å². The summed E-state index contributed by atoms with van der Waals surface area (Å²) in [7, 11) is -3.21. The molecule has 0 saturated heterocycles. The first-order chi connectivity index (χ1) is 8.59. The Bertz CT molecular complexity index is 541. The van der Waals surface area contributed by atoms with Crippen LogP contribution in [0.4, 0.5) is 0 Å². The van der Waals surface area contributed by atoms with E-state index in [-0.39, 0.29) is 18.9 Å². The van der Waals surface area contributed by atoms with Crippen LogP contribution in [0.3, 0.4) is 0 Å². The Morgan fingerprint density at radius 1 is 1.33 bits per heavy atom. The van der Waals surface area contributed by atoms with Gasteiger partial charge in [-0.05, 0) is 18.1 Å². The van der Waals surface area contributed by atoms with Crippen molar-refractivity contribution in [3.63, 3.8) is 0 Å². The highest BCUT2D eigenvalue weighted by molar-refractivity contribution is 7.89. The van der Waals surface area contributed by atoms with E-state index in [1.54, 1.807) is 6.07 Å². The Kier molecular flexibility index (Phi) is 5.86. The molecule has 0 aliphatic rings. The van der Waals surface area contributed by atoms with Gasteiger partial charge in [0.05, 0.1) is 5.75 Å². The maximum atomic E-state index is 11.5. The summed E-state index contributed by atoms with van der Waals surface area (Å²) in [6.07, 6.45) is 0.585. The molecule has 0 amide bonds. The molecule has 1 aromatic carbocycles. The molecule has 0 radical (unpaired) electrons. The molecule has 0 unspecified atom stereocenters. The third kappa shape index (κ3) is 4.88. The average Bonchev–Trinajstić information content (AvgIpc) is 2.35. The van der Waals surface area contributed by atoms with Crippen molar-refractivity contribution >= 4 is 10.0 Å². The van der Waals surface area contributed by atoms with Gasteiger partial charge < -0.3 is 5.11 Å². The summed E-state index contributed by atoms with van der Waals surface area (Å²) in [5.41, 5.74) is 1.53. The molecule has 0 aliphatic heterocycles. The molecule has 98 valence electrons. The van der Waals surface area contributed by atoms with Gasteiger partial charge in [0, 0.05) is 12.1 Å². The highest BCUT2D eigenvalue weighted by Crippen LogP contribution is 2.07. The Morgan fingerprint density at radius 2 is 2.06 bits per heavy atom. The maximum absolute atomic E-state index is 11.5. The van der Waals surface area contributed by atoms with E-state index in [2.05, 4.69) is 16.6 Å². The minimum absolute atomic E-state index is 0.123. The Labute approximate surface area is 108 Å². The van der Waals surface area contributed by atoms with Crippen LogP contribution in [0.2, 0.25) is 0 Å². The lowest BCUT2D eigenvalue weighted by molar-refractivity contribution is 0.350. The number of nitrogens with one attached hydrogen (secondary N) is 1. The van der Waals surface area contributed by atoms with Gasteiger partial charge in [0.25, 0.3) is 0 Å². The second-order valence-electron chi connectivity index (χ2n) is 3.76. The summed E-state index contributed by atoms with van der Waals surface area (Å²) in [6, 6.07) is 7.26. The molecule has 0 heterocycles. The quantitative estimate of drug-likeness (QED) is 0.778. The molecule has 0 saturated carbocycles. The van der Waals surface area contributed by atoms with Gasteiger partial charge in [-0.3, -0.25) is 0 Å². The standard InChI is InChI=1S/C13H17NO3S/c1-2-10-18(16,17)14-11-13-7-4-3-6-12(13)8-5-9-15/h3-4,6-7,14-15H,2,9-11H2,1H3. The maximum Gasteiger partial charge on any atom is 0.211 e. The predicted octanol–water partition coefficient (Wildman–Crippen LogP) is 0.860. The van der Waals surface area contributed by atoms with E-state index in [9.17, 15) is 8.42 Å². The summed E-state index contributed by atoms with van der Waals surface area (Å²) in [5, 5.41) is 8.66. The number of hydrogen-bond donors (Lipinski definition) is 2. The molecule has 0 fully saturated rings. The van der Waals surface area contributed by atoms with E-state index in [0.717, 1.165) is 11.1 Å². The SMILES string of the molecule is CCCS(=O)(=O)NCc1ccccc1C#CCO. The third-order valence-corrected chi connectivity index (χ3v) is 3.80. The summed E-state index contributed by atoms with van der Waals surface area (Å²) in [6.45, 7) is 1.83. The van der Waals surface area contributed by atoms with Gasteiger partial charge in [-0.2, -0.15) is 0 Å². The zero-order valence-corrected chi connectivity index (χ0v) is 11.1. The molecule has 1 rings (SSSR count). The highest BCUT2D eigenvalue weighted by Gasteiger charge is 2.09. The van der Waals surface area contributed by atoms with Crippen molar-refractivity contribution in [1.82, 2.24) is 4.72 Å². The first-order valence-corrected chi connectivity index (χ1v) is 7.39. The smallest absolute Gasteiger partial charge is 0.211 e. The molecule has 4 nitrogen and oxygen atoms in total. The molecular formula is C13H17NO3S. The first kappa shape index (κ1) is 14.7. The van der Waals surface area contributed by atoms with Crippen LogP contribution in [0.25, 0.3) is 0 Å². The third-order valence-electron chi connectivity index (χ3n) is 2.27. The summed E-state index contributed by atoms with van der Waals surface area (Å²) >= 11 is 0. The summed E-state index contributed by atoms with van der Waals surface area (Å²) in [5.74, 6) is 5.47. The topological polar surface area (TPSA) is 66.4 Å². The summed E-state index contributed by atoms with van der Waals surface area (Å²) in [4.78, 5) is 0. The normalized spacial score (nSPS) is 10.8. The van der Waals surface area contributed by atoms with Crippen molar-refractivity contribution in [2.45, 2.75) is 19.9 Å². The molecule has 0 bridgehead atoms. The minimum Gasteiger partial charge on any atom is -0.384 e. The van der Waals surface area contributed by atoms with E-state index >= 15 is 0 Å². The second kappa shape index (κ2) is 7.17. The Balaban J connectivity index is 2.79. The number of hydrogen-bond acceptors (Lipinski definition) is 3. The predicted molar refractivity (Wildman–Crippen MR) is 71.3 cm³/mol. The van der Waals surface area contributed by atoms with Crippen LogP contribution < -0.4 is 4.72 Å². The van der Waals surface area contributed by atoms with Gasteiger partial charge in [0.15, 0.2) is 0 Å². The van der Waals surface area contributed by atoms with Gasteiger partial charge in [-0.1, -0.05) is 37.0 Å². The molecule has 1 aromatic rings. The van der Waals surface area contributed by atoms with Crippen LogP contribution in [0.15, 0.2) is 24.3 Å². The highest BCUT2D eigenvalue weighted by atomic mass is 32.2. The number of sulfonamides is 1. The number of aliphatic hydroxyl groups is 1. The number of aliphatic hydroxyl groups excluding tert-OH is 1. The minimum atomic E-state index is -3.21. The Morgan fingerprint density at radius 3 is 2.72 bits per heavy atom. The molecule has 0 aromatic heterocycles. The van der Waals surface area contributed by atoms with E-state index in [0.29, 0.717) is 6.42 Å². The number of rotatable bonds is 5. The van der Waals surface area contributed by atoms with Gasteiger partial charge in [0.1, 0.15) is 6.61 Å². The Hall–Kier alpha value is -1.35. The van der Waals surface area contributed by atoms with Gasteiger partial charge >= 0.3 is 0 Å². The van der Waals surface area contributed by atoms with Gasteiger partial charge in [0.2, 0.25) is 10.0 Å². The van der Waals surface area contributed by atoms with Gasteiger partial charge in [-0.25, -0.2) is 13.1 Å². The second-order valence-corrected chi connectivity index (χ2v) is 5.68. The lowest BCUT2D eigenvalue weighted by Crippen LogP contribution is -2.25. The van der Waals surface area contributed by atoms with Crippen molar-refractivity contribution in [3.8, 4) is 11.8 Å². The molecule has 2 N–H and O–H groups in total. The monoisotopic (exact) mass is 267 g/mol. The lowest BCUT2D eigenvalue weighted by Gasteiger charge is -2.07. The van der Waals surface area contributed by atoms with Crippen LogP contribution in [-0.2, 0) is 16.6 Å². The first-order valence-electron chi connectivity index (χ1n) is 5.74. The summed E-state index contributed by atoms with van der Waals surface area (Å²) < 4.78 is 25.6. The molecule has 0 spiro atoms. The van der Waals surface area contributed by atoms with Crippen LogP contribution in [-0.4, -0.2) is 25.9 Å². The van der Waals surface area contributed by atoms with Gasteiger partial charge in [-0.15, -0.1) is 0 Å². The van der Waals surface area contributed by atoms with Crippen molar-refractivity contribution in [1.29, 1.82) is 0 Å². The van der Waals surface area contributed by atoms with Crippen molar-refractivity contribution in [3.05, 3.63) is 35.4 Å². The molecular weight excluding hydrogens is 250 g/mol. The van der Waals surface area contributed by atoms with E-state index in [1.807, 2.05) is 25.1 Å². The van der Waals surface area contributed by atoms with Crippen LogP contribution >= 0.6 is 0 Å². The fourth-order valence-electron chi connectivity index (χ4n) is 1.46. The van der Waals surface area contributed by atoms with E-state index < -0.39 is 10.0 Å². The largest absolute Gasteiger partial charge is 0.384 e. The van der Waals surface area contributed by atoms with Crippen LogP contribution in [0.1, 0.15) is 24.5 Å².